The molecule has 5 nitrogen and oxygen atoms in total. The number of hydrogen-bond donors (Lipinski definition) is 1. The van der Waals surface area contributed by atoms with Crippen LogP contribution >= 0.6 is 11.8 Å². The highest BCUT2D eigenvalue weighted by Gasteiger charge is 2.34. The Balaban J connectivity index is 1.85. The second kappa shape index (κ2) is 9.96. The van der Waals surface area contributed by atoms with E-state index in [-0.39, 0.29) is 16.9 Å². The van der Waals surface area contributed by atoms with E-state index in [0.717, 1.165) is 35.5 Å². The number of carbonyl (C=O) groups is 1. The lowest BCUT2D eigenvalue weighted by molar-refractivity contribution is -0.137. The van der Waals surface area contributed by atoms with Crippen molar-refractivity contribution in [3.8, 4) is 11.6 Å². The monoisotopic (exact) mass is 497 g/mol. The Kier molecular flexibility index (Phi) is 7.44. The molecule has 11 heteroatoms. The summed E-state index contributed by atoms with van der Waals surface area (Å²) in [5, 5.41) is 10.0. The summed E-state index contributed by atoms with van der Waals surface area (Å²) < 4.78 is 73.9. The van der Waals surface area contributed by atoms with E-state index in [1.54, 1.807) is 32.2 Å². The molecule has 1 amide bonds. The van der Waals surface area contributed by atoms with Gasteiger partial charge in [-0.2, -0.15) is 22.0 Å². The molecule has 0 radical (unpaired) electrons. The summed E-state index contributed by atoms with van der Waals surface area (Å²) in [4.78, 5) is 12.8. The van der Waals surface area contributed by atoms with Gasteiger partial charge in [0.15, 0.2) is 0 Å². The van der Waals surface area contributed by atoms with Crippen molar-refractivity contribution in [2.24, 2.45) is 0 Å². The molecule has 1 aromatic heterocycles. The van der Waals surface area contributed by atoms with Crippen molar-refractivity contribution in [3.05, 3.63) is 76.3 Å². The number of benzene rings is 2. The minimum absolute atomic E-state index is 0.225. The number of nitrogens with zero attached hydrogens (tertiary/aromatic N) is 2. The van der Waals surface area contributed by atoms with E-state index in [1.807, 2.05) is 0 Å². The summed E-state index contributed by atoms with van der Waals surface area (Å²) in [5.41, 5.74) is -0.226. The first kappa shape index (κ1) is 25.4. The Bertz CT molecular complexity index is 1200. The Labute approximate surface area is 196 Å². The number of halogens is 5. The van der Waals surface area contributed by atoms with Gasteiger partial charge in [0.05, 0.1) is 12.1 Å². The van der Waals surface area contributed by atoms with E-state index in [0.29, 0.717) is 10.6 Å². The number of aromatic nitrogens is 2. The lowest BCUT2D eigenvalue weighted by Crippen LogP contribution is -2.35. The highest BCUT2D eigenvalue weighted by Crippen LogP contribution is 2.34. The largest absolute Gasteiger partial charge is 0.437 e. The zero-order chi connectivity index (χ0) is 25.1. The minimum atomic E-state index is -4.60. The maximum absolute atomic E-state index is 14.8. The van der Waals surface area contributed by atoms with Crippen LogP contribution in [0.2, 0.25) is 0 Å². The highest BCUT2D eigenvalue weighted by atomic mass is 32.2. The molecule has 0 aliphatic rings. The van der Waals surface area contributed by atoms with Crippen LogP contribution in [0.25, 0.3) is 0 Å². The standard InChI is InChI=1S/C23H20F5N3O2S/c1-13-7-8-18(14(2)9-13)22(24,25)12-29-20(32)17-11-19(34-3)30-31-21(17)33-16-6-4-5-15(10-16)23(26,27)28/h4-11H,12H2,1-3H3,(H,29,32). The van der Waals surface area contributed by atoms with Gasteiger partial charge in [0.25, 0.3) is 17.7 Å². The van der Waals surface area contributed by atoms with Gasteiger partial charge < -0.3 is 10.1 Å². The lowest BCUT2D eigenvalue weighted by atomic mass is 10.00. The third-order valence-corrected chi connectivity index (χ3v) is 5.43. The number of ether oxygens (including phenoxy) is 1. The first-order chi connectivity index (χ1) is 15.9. The molecule has 3 rings (SSSR count). The van der Waals surface area contributed by atoms with Crippen LogP contribution in [0.3, 0.4) is 0 Å². The van der Waals surface area contributed by atoms with Crippen molar-refractivity contribution in [3.63, 3.8) is 0 Å². The zero-order valence-corrected chi connectivity index (χ0v) is 19.2. The van der Waals surface area contributed by atoms with E-state index in [4.69, 9.17) is 4.74 Å². The number of alkyl halides is 5. The van der Waals surface area contributed by atoms with Crippen molar-refractivity contribution in [1.82, 2.24) is 15.5 Å². The van der Waals surface area contributed by atoms with Crippen LogP contribution < -0.4 is 10.1 Å². The van der Waals surface area contributed by atoms with Gasteiger partial charge in [0.2, 0.25) is 0 Å². The summed E-state index contributed by atoms with van der Waals surface area (Å²) in [6.07, 6.45) is -2.94. The average molecular weight is 497 g/mol. The molecule has 34 heavy (non-hydrogen) atoms. The van der Waals surface area contributed by atoms with Crippen LogP contribution in [0.5, 0.6) is 11.6 Å². The molecule has 0 spiro atoms. The fraction of sp³-hybridized carbons (Fsp3) is 0.261. The Morgan fingerprint density at radius 2 is 1.76 bits per heavy atom. The molecule has 0 bridgehead atoms. The Hall–Kier alpha value is -3.21. The molecule has 0 unspecified atom stereocenters. The summed E-state index contributed by atoms with van der Waals surface area (Å²) in [6.45, 7) is 2.33. The number of hydrogen-bond acceptors (Lipinski definition) is 5. The first-order valence-electron chi connectivity index (χ1n) is 9.91. The van der Waals surface area contributed by atoms with Gasteiger partial charge >= 0.3 is 6.18 Å². The fourth-order valence-corrected chi connectivity index (χ4v) is 3.51. The van der Waals surface area contributed by atoms with Crippen LogP contribution in [-0.2, 0) is 12.1 Å². The number of amides is 1. The second-order valence-corrected chi connectivity index (χ2v) is 8.27. The van der Waals surface area contributed by atoms with E-state index >= 15 is 0 Å². The summed E-state index contributed by atoms with van der Waals surface area (Å²) in [7, 11) is 0. The molecule has 0 fully saturated rings. The third-order valence-electron chi connectivity index (χ3n) is 4.81. The smallest absolute Gasteiger partial charge is 0.416 e. The van der Waals surface area contributed by atoms with Crippen LogP contribution in [0.4, 0.5) is 22.0 Å². The summed E-state index contributed by atoms with van der Waals surface area (Å²) in [5.74, 6) is -4.95. The average Bonchev–Trinajstić information content (AvgIpc) is 2.77. The van der Waals surface area contributed by atoms with Crippen molar-refractivity contribution in [1.29, 1.82) is 0 Å². The van der Waals surface area contributed by atoms with Crippen molar-refractivity contribution in [2.45, 2.75) is 31.0 Å². The van der Waals surface area contributed by atoms with E-state index < -0.39 is 36.0 Å². The Morgan fingerprint density at radius 3 is 2.41 bits per heavy atom. The van der Waals surface area contributed by atoms with Crippen molar-refractivity contribution < 1.29 is 31.5 Å². The van der Waals surface area contributed by atoms with Crippen molar-refractivity contribution >= 4 is 17.7 Å². The summed E-state index contributed by atoms with van der Waals surface area (Å²) >= 11 is 1.14. The number of thioether (sulfide) groups is 1. The second-order valence-electron chi connectivity index (χ2n) is 7.44. The molecule has 0 atom stereocenters. The molecule has 1 N–H and O–H groups in total. The maximum atomic E-state index is 14.8. The number of carbonyl (C=O) groups excluding carboxylic acids is 1. The first-order valence-corrected chi connectivity index (χ1v) is 11.1. The predicted molar refractivity (Wildman–Crippen MR) is 117 cm³/mol. The van der Waals surface area contributed by atoms with Crippen LogP contribution in [-0.4, -0.2) is 28.9 Å². The number of rotatable bonds is 7. The van der Waals surface area contributed by atoms with E-state index in [2.05, 4.69) is 15.5 Å². The van der Waals surface area contributed by atoms with Gasteiger partial charge in [-0.05, 0) is 49.9 Å². The quantitative estimate of drug-likeness (QED) is 0.313. The molecular weight excluding hydrogens is 477 g/mol. The van der Waals surface area contributed by atoms with E-state index in [1.165, 1.54) is 18.2 Å². The minimum Gasteiger partial charge on any atom is -0.437 e. The number of aryl methyl sites for hydroxylation is 2. The molecule has 0 aliphatic carbocycles. The maximum Gasteiger partial charge on any atom is 0.416 e. The SMILES string of the molecule is CSc1cc(C(=O)NCC(F)(F)c2ccc(C)cc2C)c(Oc2cccc(C(F)(F)F)c2)nn1. The number of nitrogens with one attached hydrogen (secondary N) is 1. The zero-order valence-electron chi connectivity index (χ0n) is 18.3. The molecule has 0 saturated carbocycles. The fourth-order valence-electron chi connectivity index (χ4n) is 3.15. The van der Waals surface area contributed by atoms with E-state index in [9.17, 15) is 26.7 Å². The van der Waals surface area contributed by atoms with Gasteiger partial charge in [-0.3, -0.25) is 4.79 Å². The molecule has 0 aliphatic heterocycles. The Morgan fingerprint density at radius 1 is 1.03 bits per heavy atom. The molecule has 2 aromatic carbocycles. The van der Waals surface area contributed by atoms with Gasteiger partial charge in [-0.25, -0.2) is 0 Å². The molecule has 0 saturated heterocycles. The lowest BCUT2D eigenvalue weighted by Gasteiger charge is -2.20. The van der Waals surface area contributed by atoms with Gasteiger partial charge in [-0.15, -0.1) is 22.0 Å². The molecule has 3 aromatic rings. The van der Waals surface area contributed by atoms with Crippen molar-refractivity contribution in [2.75, 3.05) is 12.8 Å². The predicted octanol–water partition coefficient (Wildman–Crippen LogP) is 6.15. The third kappa shape index (κ3) is 6.02. The normalized spacial score (nSPS) is 11.9. The van der Waals surface area contributed by atoms with Gasteiger partial charge in [0.1, 0.15) is 16.3 Å². The van der Waals surface area contributed by atoms with Crippen LogP contribution in [0.1, 0.15) is 32.6 Å². The molecular formula is C23H20F5N3O2S. The van der Waals surface area contributed by atoms with Gasteiger partial charge in [0, 0.05) is 5.56 Å². The van der Waals surface area contributed by atoms with Crippen LogP contribution in [0.15, 0.2) is 53.6 Å². The molecule has 180 valence electrons. The van der Waals surface area contributed by atoms with Gasteiger partial charge in [-0.1, -0.05) is 29.8 Å². The molecule has 1 heterocycles. The topological polar surface area (TPSA) is 64.1 Å². The highest BCUT2D eigenvalue weighted by molar-refractivity contribution is 7.98. The van der Waals surface area contributed by atoms with Crippen LogP contribution in [0, 0.1) is 13.8 Å². The summed E-state index contributed by atoms with van der Waals surface area (Å²) in [6, 6.07) is 9.71.